The van der Waals surface area contributed by atoms with Crippen molar-refractivity contribution in [3.8, 4) is 0 Å². The van der Waals surface area contributed by atoms with Gasteiger partial charge in [0, 0.05) is 18.4 Å². The van der Waals surface area contributed by atoms with Gasteiger partial charge in [0.05, 0.1) is 11.4 Å². The number of thioether (sulfide) groups is 1. The van der Waals surface area contributed by atoms with Crippen LogP contribution in [0, 0.1) is 5.92 Å². The van der Waals surface area contributed by atoms with Crippen LogP contribution in [0.3, 0.4) is 0 Å². The lowest BCUT2D eigenvalue weighted by molar-refractivity contribution is -0.137. The van der Waals surface area contributed by atoms with Crippen molar-refractivity contribution in [1.29, 1.82) is 0 Å². The van der Waals surface area contributed by atoms with Crippen LogP contribution >= 0.6 is 11.8 Å². The van der Waals surface area contributed by atoms with Crippen LogP contribution in [0.4, 0.5) is 13.2 Å². The highest BCUT2D eigenvalue weighted by molar-refractivity contribution is 7.99. The summed E-state index contributed by atoms with van der Waals surface area (Å²) in [5.41, 5.74) is -0.252. The Labute approximate surface area is 154 Å². The third-order valence-electron chi connectivity index (χ3n) is 3.81. The Bertz CT molecular complexity index is 672. The number of alkyl halides is 3. The molecule has 1 saturated heterocycles. The highest BCUT2D eigenvalue weighted by Crippen LogP contribution is 2.29. The van der Waals surface area contributed by atoms with Gasteiger partial charge in [-0.1, -0.05) is 26.0 Å². The predicted octanol–water partition coefficient (Wildman–Crippen LogP) is 3.39. The summed E-state index contributed by atoms with van der Waals surface area (Å²) < 4.78 is 37.7. The first kappa shape index (κ1) is 20.4. The maximum atomic E-state index is 12.6. The van der Waals surface area contributed by atoms with Gasteiger partial charge in [0.2, 0.25) is 11.8 Å². The molecule has 1 unspecified atom stereocenters. The van der Waals surface area contributed by atoms with Crippen LogP contribution in [0.25, 0.3) is 6.08 Å². The van der Waals surface area contributed by atoms with E-state index in [0.717, 1.165) is 12.1 Å². The number of hydrogen-bond donors (Lipinski definition) is 1. The molecular weight excluding hydrogens is 365 g/mol. The number of rotatable bonds is 5. The van der Waals surface area contributed by atoms with Crippen LogP contribution in [0.2, 0.25) is 0 Å². The van der Waals surface area contributed by atoms with Crippen molar-refractivity contribution >= 4 is 29.7 Å². The van der Waals surface area contributed by atoms with Gasteiger partial charge >= 0.3 is 6.18 Å². The lowest BCUT2D eigenvalue weighted by atomic mass is 10.1. The zero-order chi connectivity index (χ0) is 19.3. The number of halogens is 3. The number of carbonyl (C=O) groups excluding carboxylic acids is 2. The fourth-order valence-electron chi connectivity index (χ4n) is 2.35. The van der Waals surface area contributed by atoms with Gasteiger partial charge in [-0.2, -0.15) is 13.2 Å². The standard InChI is InChI=1S/C18H21F3N2O2S/c1-12(2)9-22-17(25)15-10-26-11-23(15)16(24)8-5-13-3-6-14(7-4-13)18(19,20)21/h3-8,12,15H,9-11H2,1-2H3,(H,22,25). The quantitative estimate of drug-likeness (QED) is 0.790. The van der Waals surface area contributed by atoms with Crippen molar-refractivity contribution in [2.75, 3.05) is 18.2 Å². The Hall–Kier alpha value is -1.96. The number of amides is 2. The molecule has 0 radical (unpaired) electrons. The molecule has 142 valence electrons. The van der Waals surface area contributed by atoms with Gasteiger partial charge < -0.3 is 10.2 Å². The van der Waals surface area contributed by atoms with E-state index in [4.69, 9.17) is 0 Å². The summed E-state index contributed by atoms with van der Waals surface area (Å²) in [6, 6.07) is 4.02. The minimum Gasteiger partial charge on any atom is -0.354 e. The molecule has 1 aliphatic rings. The molecule has 4 nitrogen and oxygen atoms in total. The predicted molar refractivity (Wildman–Crippen MR) is 96.3 cm³/mol. The molecule has 1 fully saturated rings. The second-order valence-corrected chi connectivity index (χ2v) is 7.42. The molecule has 2 rings (SSSR count). The van der Waals surface area contributed by atoms with Crippen LogP contribution in [0.1, 0.15) is 25.0 Å². The molecule has 1 heterocycles. The Morgan fingerprint density at radius 1 is 1.31 bits per heavy atom. The number of nitrogens with one attached hydrogen (secondary N) is 1. The van der Waals surface area contributed by atoms with E-state index >= 15 is 0 Å². The Kier molecular flexibility index (Phi) is 6.75. The van der Waals surface area contributed by atoms with Gasteiger partial charge in [0.25, 0.3) is 0 Å². The normalized spacial score (nSPS) is 17.9. The molecule has 1 N–H and O–H groups in total. The highest BCUT2D eigenvalue weighted by atomic mass is 32.2. The maximum absolute atomic E-state index is 12.6. The molecule has 1 aromatic carbocycles. The van der Waals surface area contributed by atoms with Crippen LogP contribution in [-0.2, 0) is 15.8 Å². The van der Waals surface area contributed by atoms with E-state index in [1.165, 1.54) is 40.9 Å². The monoisotopic (exact) mass is 386 g/mol. The number of hydrogen-bond acceptors (Lipinski definition) is 3. The molecule has 8 heteroatoms. The van der Waals surface area contributed by atoms with E-state index < -0.39 is 17.8 Å². The average molecular weight is 386 g/mol. The first-order chi connectivity index (χ1) is 12.2. The lowest BCUT2D eigenvalue weighted by Gasteiger charge is -2.22. The molecule has 1 aromatic rings. The third kappa shape index (κ3) is 5.52. The molecule has 0 aromatic heterocycles. The van der Waals surface area contributed by atoms with Gasteiger partial charge in [-0.05, 0) is 29.7 Å². The lowest BCUT2D eigenvalue weighted by Crippen LogP contribution is -2.47. The summed E-state index contributed by atoms with van der Waals surface area (Å²) in [5.74, 6) is 0.746. The van der Waals surface area contributed by atoms with Gasteiger partial charge in [0.1, 0.15) is 6.04 Å². The van der Waals surface area contributed by atoms with Gasteiger partial charge in [-0.3, -0.25) is 9.59 Å². The van der Waals surface area contributed by atoms with Crippen LogP contribution < -0.4 is 5.32 Å². The van der Waals surface area contributed by atoms with E-state index in [2.05, 4.69) is 5.32 Å². The molecule has 26 heavy (non-hydrogen) atoms. The molecule has 0 aliphatic carbocycles. The summed E-state index contributed by atoms with van der Waals surface area (Å²) >= 11 is 1.49. The van der Waals surface area contributed by atoms with Gasteiger partial charge in [-0.25, -0.2) is 0 Å². The van der Waals surface area contributed by atoms with Gasteiger partial charge in [-0.15, -0.1) is 11.8 Å². The number of benzene rings is 1. The summed E-state index contributed by atoms with van der Waals surface area (Å²) in [6.45, 7) is 4.52. The van der Waals surface area contributed by atoms with E-state index in [0.29, 0.717) is 29.7 Å². The number of carbonyl (C=O) groups is 2. The van der Waals surface area contributed by atoms with Crippen molar-refractivity contribution in [2.45, 2.75) is 26.1 Å². The second kappa shape index (κ2) is 8.62. The molecular formula is C18H21F3N2O2S. The fourth-order valence-corrected chi connectivity index (χ4v) is 3.51. The molecule has 2 amide bonds. The molecule has 1 aliphatic heterocycles. The fraction of sp³-hybridized carbons (Fsp3) is 0.444. The first-order valence-electron chi connectivity index (χ1n) is 8.20. The molecule has 0 bridgehead atoms. The zero-order valence-corrected chi connectivity index (χ0v) is 15.4. The highest BCUT2D eigenvalue weighted by Gasteiger charge is 2.33. The first-order valence-corrected chi connectivity index (χ1v) is 9.35. The summed E-state index contributed by atoms with van der Waals surface area (Å²) in [5, 5.41) is 2.83. The largest absolute Gasteiger partial charge is 0.416 e. The average Bonchev–Trinajstić information content (AvgIpc) is 3.07. The smallest absolute Gasteiger partial charge is 0.354 e. The topological polar surface area (TPSA) is 49.4 Å². The molecule has 0 spiro atoms. The molecule has 0 saturated carbocycles. The molecule has 1 atom stereocenters. The third-order valence-corrected chi connectivity index (χ3v) is 4.82. The summed E-state index contributed by atoms with van der Waals surface area (Å²) in [7, 11) is 0. The van der Waals surface area contributed by atoms with Crippen LogP contribution in [-0.4, -0.2) is 40.9 Å². The van der Waals surface area contributed by atoms with E-state index in [-0.39, 0.29) is 11.8 Å². The summed E-state index contributed by atoms with van der Waals surface area (Å²) in [6.07, 6.45) is -1.65. The Morgan fingerprint density at radius 2 is 1.96 bits per heavy atom. The van der Waals surface area contributed by atoms with Crippen molar-refractivity contribution in [3.05, 3.63) is 41.5 Å². The second-order valence-electron chi connectivity index (χ2n) is 6.42. The SMILES string of the molecule is CC(C)CNC(=O)C1CSCN1C(=O)C=Cc1ccc(C(F)(F)F)cc1. The minimum atomic E-state index is -4.39. The van der Waals surface area contributed by atoms with Crippen molar-refractivity contribution < 1.29 is 22.8 Å². The Balaban J connectivity index is 1.99. The minimum absolute atomic E-state index is 0.181. The van der Waals surface area contributed by atoms with E-state index in [1.54, 1.807) is 0 Å². The van der Waals surface area contributed by atoms with Crippen LogP contribution in [0.5, 0.6) is 0 Å². The van der Waals surface area contributed by atoms with E-state index in [1.807, 2.05) is 13.8 Å². The van der Waals surface area contributed by atoms with Crippen LogP contribution in [0.15, 0.2) is 30.3 Å². The zero-order valence-electron chi connectivity index (χ0n) is 14.5. The number of nitrogens with zero attached hydrogens (tertiary/aromatic N) is 1. The van der Waals surface area contributed by atoms with Crippen molar-refractivity contribution in [3.63, 3.8) is 0 Å². The summed E-state index contributed by atoms with van der Waals surface area (Å²) in [4.78, 5) is 26.1. The maximum Gasteiger partial charge on any atom is 0.416 e. The van der Waals surface area contributed by atoms with Gasteiger partial charge in [0.15, 0.2) is 0 Å². The van der Waals surface area contributed by atoms with Crippen molar-refractivity contribution in [2.24, 2.45) is 5.92 Å². The van der Waals surface area contributed by atoms with Crippen molar-refractivity contribution in [1.82, 2.24) is 10.2 Å². The van der Waals surface area contributed by atoms with E-state index in [9.17, 15) is 22.8 Å². The Morgan fingerprint density at radius 3 is 2.54 bits per heavy atom.